The Morgan fingerprint density at radius 2 is 1.97 bits per heavy atom. The van der Waals surface area contributed by atoms with Gasteiger partial charge in [-0.25, -0.2) is 8.78 Å². The highest BCUT2D eigenvalue weighted by atomic mass is 35.5. The van der Waals surface area contributed by atoms with E-state index in [1.54, 1.807) is 6.07 Å². The Bertz CT molecular complexity index is 948. The van der Waals surface area contributed by atoms with Crippen molar-refractivity contribution in [2.24, 2.45) is 0 Å². The van der Waals surface area contributed by atoms with E-state index in [-0.39, 0.29) is 24.2 Å². The maximum Gasteiger partial charge on any atom is 0.304 e. The first-order valence-corrected chi connectivity index (χ1v) is 10.7. The largest absolute Gasteiger partial charge is 0.493 e. The summed E-state index contributed by atoms with van der Waals surface area (Å²) >= 11 is 0. The van der Waals surface area contributed by atoms with Crippen LogP contribution in [0.4, 0.5) is 8.78 Å². The molecule has 174 valence electrons. The Kier molecular flexibility index (Phi) is 7.96. The lowest BCUT2D eigenvalue weighted by Gasteiger charge is -2.38. The first kappa shape index (κ1) is 24.3. The third-order valence-electron chi connectivity index (χ3n) is 6.37. The molecule has 0 aliphatic carbocycles. The van der Waals surface area contributed by atoms with Crippen LogP contribution in [0.2, 0.25) is 0 Å². The molecule has 1 spiro atoms. The zero-order chi connectivity index (χ0) is 21.8. The van der Waals surface area contributed by atoms with E-state index in [1.807, 2.05) is 12.1 Å². The summed E-state index contributed by atoms with van der Waals surface area (Å²) in [5.41, 5.74) is 1.54. The smallest absolute Gasteiger partial charge is 0.304 e. The van der Waals surface area contributed by atoms with Crippen LogP contribution < -0.4 is 9.47 Å². The number of hydrogen-bond donors (Lipinski definition) is 1. The van der Waals surface area contributed by atoms with Crippen molar-refractivity contribution in [3.63, 3.8) is 0 Å². The zero-order valence-corrected chi connectivity index (χ0v) is 18.6. The van der Waals surface area contributed by atoms with Crippen LogP contribution in [0.5, 0.6) is 11.5 Å². The SMILES string of the molecule is Cl.O=C(O)CCN1CCC2(CC1)COc1cc(OCCCc3cccc(F)c3F)ccc12. The molecule has 1 fully saturated rings. The number of hydrogen-bond acceptors (Lipinski definition) is 4. The molecule has 4 rings (SSSR count). The number of carboxylic acid groups (broad SMARTS) is 1. The molecule has 0 saturated carbocycles. The lowest BCUT2D eigenvalue weighted by atomic mass is 9.74. The number of rotatable bonds is 8. The number of fused-ring (bicyclic) bond motifs is 2. The standard InChI is InChI=1S/C24H27F2NO4.ClH/c25-20-5-1-3-17(23(20)26)4-2-14-30-18-6-7-19-21(15-18)31-16-24(19)9-12-27(13-10-24)11-8-22(28)29;/h1,3,5-7,15H,2,4,8-14,16H2,(H,28,29);1H. The number of carboxylic acids is 1. The van der Waals surface area contributed by atoms with Crippen LogP contribution in [0, 0.1) is 11.6 Å². The highest BCUT2D eigenvalue weighted by Crippen LogP contribution is 2.46. The monoisotopic (exact) mass is 467 g/mol. The highest BCUT2D eigenvalue weighted by molar-refractivity contribution is 5.85. The number of likely N-dealkylation sites (tertiary alicyclic amines) is 1. The lowest BCUT2D eigenvalue weighted by molar-refractivity contribution is -0.137. The van der Waals surface area contributed by atoms with Crippen molar-refractivity contribution < 1.29 is 28.2 Å². The molecule has 2 aliphatic rings. The Balaban J connectivity index is 0.00000289. The van der Waals surface area contributed by atoms with E-state index in [0.29, 0.717) is 43.9 Å². The Labute approximate surface area is 192 Å². The number of halogens is 3. The second-order valence-electron chi connectivity index (χ2n) is 8.38. The normalized spacial score (nSPS) is 16.8. The van der Waals surface area contributed by atoms with Gasteiger partial charge in [0.05, 0.1) is 19.6 Å². The second kappa shape index (κ2) is 10.5. The van der Waals surface area contributed by atoms with Crippen LogP contribution >= 0.6 is 12.4 Å². The van der Waals surface area contributed by atoms with E-state index in [9.17, 15) is 13.6 Å². The van der Waals surface area contributed by atoms with Crippen LogP contribution in [0.3, 0.4) is 0 Å². The van der Waals surface area contributed by atoms with Gasteiger partial charge in [0.2, 0.25) is 0 Å². The van der Waals surface area contributed by atoms with Gasteiger partial charge >= 0.3 is 5.97 Å². The van der Waals surface area contributed by atoms with Gasteiger partial charge in [0, 0.05) is 23.6 Å². The molecular weight excluding hydrogens is 440 g/mol. The van der Waals surface area contributed by atoms with Crippen LogP contribution in [-0.4, -0.2) is 48.8 Å². The van der Waals surface area contributed by atoms with Gasteiger partial charge in [-0.2, -0.15) is 0 Å². The minimum atomic E-state index is -0.823. The molecule has 0 radical (unpaired) electrons. The van der Waals surface area contributed by atoms with Crippen molar-refractivity contribution in [2.75, 3.05) is 32.8 Å². The lowest BCUT2D eigenvalue weighted by Crippen LogP contribution is -2.44. The maximum atomic E-state index is 13.7. The van der Waals surface area contributed by atoms with Gasteiger partial charge in [-0.3, -0.25) is 4.79 Å². The van der Waals surface area contributed by atoms with Gasteiger partial charge < -0.3 is 19.5 Å². The molecule has 1 N–H and O–H groups in total. The van der Waals surface area contributed by atoms with Gasteiger partial charge in [-0.15, -0.1) is 12.4 Å². The number of ether oxygens (including phenoxy) is 2. The summed E-state index contributed by atoms with van der Waals surface area (Å²) in [6.07, 6.45) is 3.05. The molecule has 0 amide bonds. The summed E-state index contributed by atoms with van der Waals surface area (Å²) in [5, 5.41) is 8.87. The average molecular weight is 468 g/mol. The van der Waals surface area contributed by atoms with Gasteiger partial charge in [0.25, 0.3) is 0 Å². The summed E-state index contributed by atoms with van der Waals surface area (Å²) in [4.78, 5) is 13.0. The van der Waals surface area contributed by atoms with Gasteiger partial charge in [0.1, 0.15) is 11.5 Å². The number of piperidine rings is 1. The third-order valence-corrected chi connectivity index (χ3v) is 6.37. The summed E-state index contributed by atoms with van der Waals surface area (Å²) < 4.78 is 38.8. The molecule has 0 atom stereocenters. The minimum absolute atomic E-state index is 0. The topological polar surface area (TPSA) is 59.0 Å². The molecule has 0 aromatic heterocycles. The highest BCUT2D eigenvalue weighted by Gasteiger charge is 2.43. The predicted molar refractivity (Wildman–Crippen MR) is 119 cm³/mol. The molecule has 2 aromatic carbocycles. The predicted octanol–water partition coefficient (Wildman–Crippen LogP) is 4.60. The van der Waals surface area contributed by atoms with E-state index in [1.165, 1.54) is 11.6 Å². The van der Waals surface area contributed by atoms with Gasteiger partial charge in [-0.1, -0.05) is 18.2 Å². The fraction of sp³-hybridized carbons (Fsp3) is 0.458. The molecule has 1 saturated heterocycles. The molecule has 32 heavy (non-hydrogen) atoms. The number of aryl methyl sites for hydroxylation is 1. The molecule has 2 heterocycles. The zero-order valence-electron chi connectivity index (χ0n) is 17.8. The van der Waals surface area contributed by atoms with Gasteiger partial charge in [-0.05, 0) is 56.5 Å². The molecule has 5 nitrogen and oxygen atoms in total. The van der Waals surface area contributed by atoms with Crippen molar-refractivity contribution in [3.8, 4) is 11.5 Å². The first-order chi connectivity index (χ1) is 15.0. The van der Waals surface area contributed by atoms with Crippen molar-refractivity contribution in [1.29, 1.82) is 0 Å². The van der Waals surface area contributed by atoms with Crippen molar-refractivity contribution in [2.45, 2.75) is 37.5 Å². The van der Waals surface area contributed by atoms with Crippen LogP contribution in [0.15, 0.2) is 36.4 Å². The molecule has 0 unspecified atom stereocenters. The molecule has 2 aromatic rings. The Morgan fingerprint density at radius 3 is 2.72 bits per heavy atom. The summed E-state index contributed by atoms with van der Waals surface area (Å²) in [7, 11) is 0. The number of benzene rings is 2. The van der Waals surface area contributed by atoms with Crippen LogP contribution in [0.1, 0.15) is 36.8 Å². The molecule has 2 aliphatic heterocycles. The number of aliphatic carboxylic acids is 1. The quantitative estimate of drug-likeness (QED) is 0.575. The maximum absolute atomic E-state index is 13.7. The van der Waals surface area contributed by atoms with Crippen molar-refractivity contribution in [1.82, 2.24) is 4.90 Å². The minimum Gasteiger partial charge on any atom is -0.493 e. The van der Waals surface area contributed by atoms with Crippen LogP contribution in [0.25, 0.3) is 0 Å². The fourth-order valence-corrected chi connectivity index (χ4v) is 4.51. The summed E-state index contributed by atoms with van der Waals surface area (Å²) in [6.45, 7) is 3.36. The van der Waals surface area contributed by atoms with Crippen LogP contribution in [-0.2, 0) is 16.6 Å². The Morgan fingerprint density at radius 1 is 1.19 bits per heavy atom. The first-order valence-electron chi connectivity index (χ1n) is 10.7. The molecule has 8 heteroatoms. The average Bonchev–Trinajstić information content (AvgIpc) is 3.11. The molecular formula is C24H28ClF2NO4. The van der Waals surface area contributed by atoms with Crippen molar-refractivity contribution in [3.05, 3.63) is 59.2 Å². The third kappa shape index (κ3) is 5.33. The molecule has 0 bridgehead atoms. The van der Waals surface area contributed by atoms with E-state index in [2.05, 4.69) is 11.0 Å². The van der Waals surface area contributed by atoms with E-state index in [0.717, 1.165) is 37.7 Å². The van der Waals surface area contributed by atoms with E-state index < -0.39 is 17.6 Å². The Hall–Kier alpha value is -2.38. The summed E-state index contributed by atoms with van der Waals surface area (Å²) in [5.74, 6) is -0.825. The number of carbonyl (C=O) groups is 1. The van der Waals surface area contributed by atoms with E-state index in [4.69, 9.17) is 14.6 Å². The number of nitrogens with zero attached hydrogens (tertiary/aromatic N) is 1. The fourth-order valence-electron chi connectivity index (χ4n) is 4.51. The van der Waals surface area contributed by atoms with Gasteiger partial charge in [0.15, 0.2) is 11.6 Å². The van der Waals surface area contributed by atoms with Crippen molar-refractivity contribution >= 4 is 18.4 Å². The second-order valence-corrected chi connectivity index (χ2v) is 8.38. The summed E-state index contributed by atoms with van der Waals surface area (Å²) in [6, 6.07) is 10.1. The van der Waals surface area contributed by atoms with E-state index >= 15 is 0 Å².